The first kappa shape index (κ1) is 18.9. The van der Waals surface area contributed by atoms with Gasteiger partial charge in [-0.15, -0.1) is 0 Å². The van der Waals surface area contributed by atoms with Crippen molar-refractivity contribution in [1.82, 2.24) is 19.9 Å². The van der Waals surface area contributed by atoms with Crippen LogP contribution in [0.3, 0.4) is 0 Å². The molecule has 6 heteroatoms. The number of hydrogen-bond donors (Lipinski definition) is 2. The fraction of sp³-hybridized carbons (Fsp3) is 0.381. The van der Waals surface area contributed by atoms with E-state index in [1.165, 1.54) is 0 Å². The van der Waals surface area contributed by atoms with Crippen molar-refractivity contribution in [1.29, 1.82) is 0 Å². The molecule has 0 bridgehead atoms. The molecule has 0 saturated heterocycles. The first-order valence-corrected chi connectivity index (χ1v) is 9.28. The van der Waals surface area contributed by atoms with Gasteiger partial charge in [-0.2, -0.15) is 0 Å². The van der Waals surface area contributed by atoms with Gasteiger partial charge in [0, 0.05) is 41.1 Å². The number of pyridine rings is 2. The van der Waals surface area contributed by atoms with Gasteiger partial charge in [0.15, 0.2) is 0 Å². The number of fused-ring (bicyclic) bond motifs is 1. The van der Waals surface area contributed by atoms with Crippen LogP contribution in [-0.4, -0.2) is 20.4 Å². The number of aromatic amines is 1. The Kier molecular flexibility index (Phi) is 5.17. The fourth-order valence-corrected chi connectivity index (χ4v) is 3.63. The number of aromatic nitrogens is 3. The molecule has 142 valence electrons. The van der Waals surface area contributed by atoms with Gasteiger partial charge in [0.1, 0.15) is 5.65 Å². The summed E-state index contributed by atoms with van der Waals surface area (Å²) >= 11 is 0. The van der Waals surface area contributed by atoms with E-state index in [1.54, 1.807) is 6.20 Å². The summed E-state index contributed by atoms with van der Waals surface area (Å²) in [4.78, 5) is 32.5. The average Bonchev–Trinajstić information content (AvgIpc) is 2.91. The Bertz CT molecular complexity index is 1060. The maximum Gasteiger partial charge on any atom is 0.254 e. The monoisotopic (exact) mass is 366 g/mol. The van der Waals surface area contributed by atoms with Crippen molar-refractivity contribution in [3.8, 4) is 0 Å². The van der Waals surface area contributed by atoms with Crippen LogP contribution in [0.25, 0.3) is 11.0 Å². The third-order valence-corrected chi connectivity index (χ3v) is 5.19. The standard InChI is InChI=1S/C21H26N4O2/c1-6-14(4)25-15(5)18(16-8-7-9-22-19(16)25)21(27)23-11-17-12(2)10-13(3)24-20(17)26/h7-10,14H,6,11H2,1-5H3,(H,23,27)(H,24,26)/t14-/m0/s1. The molecule has 1 atom stereocenters. The highest BCUT2D eigenvalue weighted by molar-refractivity contribution is 6.07. The number of H-pyrrole nitrogens is 1. The van der Waals surface area contributed by atoms with E-state index in [-0.39, 0.29) is 24.1 Å². The number of nitrogens with zero attached hydrogens (tertiary/aromatic N) is 2. The van der Waals surface area contributed by atoms with Gasteiger partial charge in [-0.05, 0) is 57.9 Å². The van der Waals surface area contributed by atoms with Crippen molar-refractivity contribution in [2.24, 2.45) is 0 Å². The second kappa shape index (κ2) is 7.39. The summed E-state index contributed by atoms with van der Waals surface area (Å²) in [5, 5.41) is 3.76. The minimum atomic E-state index is -0.188. The topological polar surface area (TPSA) is 79.8 Å². The third-order valence-electron chi connectivity index (χ3n) is 5.19. The number of carbonyl (C=O) groups excluding carboxylic acids is 1. The molecule has 3 aromatic rings. The molecule has 3 aromatic heterocycles. The molecule has 3 heterocycles. The van der Waals surface area contributed by atoms with E-state index in [0.29, 0.717) is 11.1 Å². The number of amides is 1. The van der Waals surface area contributed by atoms with Gasteiger partial charge in [0.05, 0.1) is 5.56 Å². The van der Waals surface area contributed by atoms with E-state index in [1.807, 2.05) is 39.0 Å². The molecule has 0 aliphatic rings. The molecular weight excluding hydrogens is 340 g/mol. The van der Waals surface area contributed by atoms with E-state index in [9.17, 15) is 9.59 Å². The van der Waals surface area contributed by atoms with Crippen LogP contribution in [-0.2, 0) is 6.54 Å². The maximum atomic E-state index is 13.0. The SMILES string of the molecule is CC[C@H](C)n1c(C)c(C(=O)NCc2c(C)cc(C)[nH]c2=O)c2cccnc21. The van der Waals surface area contributed by atoms with Crippen LogP contribution in [0.2, 0.25) is 0 Å². The summed E-state index contributed by atoms with van der Waals surface area (Å²) in [6.07, 6.45) is 2.69. The van der Waals surface area contributed by atoms with Crippen LogP contribution >= 0.6 is 0 Å². The molecule has 0 aliphatic heterocycles. The number of aryl methyl sites for hydroxylation is 2. The van der Waals surface area contributed by atoms with E-state index in [2.05, 4.69) is 33.7 Å². The van der Waals surface area contributed by atoms with Crippen LogP contribution < -0.4 is 10.9 Å². The summed E-state index contributed by atoms with van der Waals surface area (Å²) < 4.78 is 2.12. The largest absolute Gasteiger partial charge is 0.348 e. The Morgan fingerprint density at radius 1 is 1.33 bits per heavy atom. The molecule has 0 aliphatic carbocycles. The van der Waals surface area contributed by atoms with E-state index in [0.717, 1.165) is 34.4 Å². The summed E-state index contributed by atoms with van der Waals surface area (Å²) in [5.74, 6) is -0.188. The van der Waals surface area contributed by atoms with Gasteiger partial charge < -0.3 is 14.9 Å². The highest BCUT2D eigenvalue weighted by atomic mass is 16.2. The molecule has 3 rings (SSSR count). The van der Waals surface area contributed by atoms with Crippen LogP contribution in [0, 0.1) is 20.8 Å². The molecule has 0 radical (unpaired) electrons. The minimum Gasteiger partial charge on any atom is -0.348 e. The first-order chi connectivity index (χ1) is 12.8. The zero-order valence-corrected chi connectivity index (χ0v) is 16.5. The fourth-order valence-electron chi connectivity index (χ4n) is 3.63. The number of hydrogen-bond acceptors (Lipinski definition) is 3. The Balaban J connectivity index is 1.98. The van der Waals surface area contributed by atoms with Gasteiger partial charge in [-0.1, -0.05) is 6.92 Å². The van der Waals surface area contributed by atoms with Crippen molar-refractivity contribution >= 4 is 16.9 Å². The summed E-state index contributed by atoms with van der Waals surface area (Å²) in [6, 6.07) is 5.92. The zero-order valence-electron chi connectivity index (χ0n) is 16.5. The smallest absolute Gasteiger partial charge is 0.254 e. The van der Waals surface area contributed by atoms with Gasteiger partial charge in [0.2, 0.25) is 0 Å². The highest BCUT2D eigenvalue weighted by Gasteiger charge is 2.22. The van der Waals surface area contributed by atoms with E-state index >= 15 is 0 Å². The van der Waals surface area contributed by atoms with E-state index in [4.69, 9.17) is 0 Å². The number of nitrogens with one attached hydrogen (secondary N) is 2. The van der Waals surface area contributed by atoms with Crippen LogP contribution in [0.1, 0.15) is 59.2 Å². The lowest BCUT2D eigenvalue weighted by Crippen LogP contribution is -2.28. The summed E-state index contributed by atoms with van der Waals surface area (Å²) in [5.41, 5.74) is 4.44. The molecular formula is C21H26N4O2. The lowest BCUT2D eigenvalue weighted by atomic mass is 10.1. The predicted octanol–water partition coefficient (Wildman–Crippen LogP) is 3.55. The Labute approximate surface area is 158 Å². The minimum absolute atomic E-state index is 0.159. The van der Waals surface area contributed by atoms with Gasteiger partial charge >= 0.3 is 0 Å². The lowest BCUT2D eigenvalue weighted by Gasteiger charge is -2.15. The van der Waals surface area contributed by atoms with Crippen molar-refractivity contribution < 1.29 is 4.79 Å². The summed E-state index contributed by atoms with van der Waals surface area (Å²) in [6.45, 7) is 10.1. The molecule has 2 N–H and O–H groups in total. The Morgan fingerprint density at radius 3 is 2.74 bits per heavy atom. The zero-order chi connectivity index (χ0) is 19.7. The second-order valence-corrected chi connectivity index (χ2v) is 7.09. The van der Waals surface area contributed by atoms with Crippen LogP contribution in [0.15, 0.2) is 29.2 Å². The molecule has 0 spiro atoms. The van der Waals surface area contributed by atoms with Crippen molar-refractivity contribution in [3.63, 3.8) is 0 Å². The van der Waals surface area contributed by atoms with Gasteiger partial charge in [-0.25, -0.2) is 4.98 Å². The predicted molar refractivity (Wildman–Crippen MR) is 107 cm³/mol. The molecule has 0 unspecified atom stereocenters. The molecule has 6 nitrogen and oxygen atoms in total. The Morgan fingerprint density at radius 2 is 2.07 bits per heavy atom. The number of rotatable bonds is 5. The van der Waals surface area contributed by atoms with Crippen LogP contribution in [0.5, 0.6) is 0 Å². The molecule has 0 saturated carbocycles. The number of carbonyl (C=O) groups is 1. The normalized spacial score (nSPS) is 12.3. The average molecular weight is 366 g/mol. The van der Waals surface area contributed by atoms with Gasteiger partial charge in [-0.3, -0.25) is 9.59 Å². The van der Waals surface area contributed by atoms with Crippen molar-refractivity contribution in [2.75, 3.05) is 0 Å². The highest BCUT2D eigenvalue weighted by Crippen LogP contribution is 2.28. The second-order valence-electron chi connectivity index (χ2n) is 7.09. The van der Waals surface area contributed by atoms with Crippen molar-refractivity contribution in [2.45, 2.75) is 53.6 Å². The molecule has 27 heavy (non-hydrogen) atoms. The van der Waals surface area contributed by atoms with Crippen LogP contribution in [0.4, 0.5) is 0 Å². The molecule has 0 fully saturated rings. The van der Waals surface area contributed by atoms with Gasteiger partial charge in [0.25, 0.3) is 11.5 Å². The quantitative estimate of drug-likeness (QED) is 0.725. The molecule has 1 amide bonds. The van der Waals surface area contributed by atoms with Crippen molar-refractivity contribution in [3.05, 3.63) is 62.8 Å². The maximum absolute atomic E-state index is 13.0. The third kappa shape index (κ3) is 3.39. The first-order valence-electron chi connectivity index (χ1n) is 9.28. The molecule has 0 aromatic carbocycles. The Hall–Kier alpha value is -2.89. The summed E-state index contributed by atoms with van der Waals surface area (Å²) in [7, 11) is 0. The lowest BCUT2D eigenvalue weighted by molar-refractivity contribution is 0.0951. The van der Waals surface area contributed by atoms with E-state index < -0.39 is 0 Å².